The predicted molar refractivity (Wildman–Crippen MR) is 85.5 cm³/mol. The van der Waals surface area contributed by atoms with E-state index in [1.54, 1.807) is 27.7 Å². The first-order valence-corrected chi connectivity index (χ1v) is 8.89. The number of ether oxygens (including phenoxy) is 1. The molecule has 0 saturated carbocycles. The monoisotopic (exact) mass is 314 g/mol. The summed E-state index contributed by atoms with van der Waals surface area (Å²) in [4.78, 5) is 0. The minimum absolute atomic E-state index is 0.0142. The summed E-state index contributed by atoms with van der Waals surface area (Å²) in [6, 6.07) is 7.55. The average molecular weight is 314 g/mol. The minimum Gasteiger partial charge on any atom is -0.493 e. The molecule has 0 bridgehead atoms. The molecule has 120 valence electrons. The van der Waals surface area contributed by atoms with Gasteiger partial charge in [0.25, 0.3) is 0 Å². The summed E-state index contributed by atoms with van der Waals surface area (Å²) in [6.07, 6.45) is 1.24. The maximum Gasteiger partial charge on any atom is 0.158 e. The average Bonchev–Trinajstić information content (AvgIpc) is 2.36. The maximum atomic E-state index is 11.9. The van der Waals surface area contributed by atoms with E-state index in [0.29, 0.717) is 5.75 Å². The van der Waals surface area contributed by atoms with E-state index in [-0.39, 0.29) is 18.5 Å². The van der Waals surface area contributed by atoms with Crippen molar-refractivity contribution in [2.24, 2.45) is 0 Å². The van der Waals surface area contributed by atoms with E-state index in [1.807, 2.05) is 24.3 Å². The molecule has 4 nitrogen and oxygen atoms in total. The van der Waals surface area contributed by atoms with Gasteiger partial charge in [0.2, 0.25) is 0 Å². The lowest BCUT2D eigenvalue weighted by Crippen LogP contribution is -2.32. The zero-order valence-electron chi connectivity index (χ0n) is 13.3. The van der Waals surface area contributed by atoms with Gasteiger partial charge in [-0.25, -0.2) is 8.42 Å². The highest BCUT2D eigenvalue weighted by Crippen LogP contribution is 2.17. The van der Waals surface area contributed by atoms with Gasteiger partial charge >= 0.3 is 0 Å². The molecule has 0 radical (unpaired) electrons. The van der Waals surface area contributed by atoms with Crippen LogP contribution in [-0.2, 0) is 16.3 Å². The van der Waals surface area contributed by atoms with Crippen molar-refractivity contribution >= 4 is 9.84 Å². The van der Waals surface area contributed by atoms with Crippen LogP contribution in [0.4, 0.5) is 0 Å². The number of aryl methyl sites for hydroxylation is 1. The first-order valence-electron chi connectivity index (χ1n) is 7.24. The summed E-state index contributed by atoms with van der Waals surface area (Å²) in [7, 11) is -3.15. The summed E-state index contributed by atoms with van der Waals surface area (Å²) in [5.74, 6) is 0.681. The highest BCUT2D eigenvalue weighted by molar-refractivity contribution is 7.92. The van der Waals surface area contributed by atoms with Gasteiger partial charge in [-0.05, 0) is 58.2 Å². The van der Waals surface area contributed by atoms with E-state index in [1.165, 1.54) is 0 Å². The summed E-state index contributed by atoms with van der Waals surface area (Å²) in [5, 5.41) is 9.24. The van der Waals surface area contributed by atoms with Crippen LogP contribution in [0.2, 0.25) is 0 Å². The Balaban J connectivity index is 2.47. The van der Waals surface area contributed by atoms with Crippen molar-refractivity contribution in [3.8, 4) is 5.75 Å². The fourth-order valence-corrected chi connectivity index (χ4v) is 2.62. The Hall–Kier alpha value is -1.07. The molecule has 0 spiro atoms. The van der Waals surface area contributed by atoms with Gasteiger partial charge in [-0.2, -0.15) is 0 Å². The predicted octanol–water partition coefficient (Wildman–Crippen LogP) is 2.59. The van der Waals surface area contributed by atoms with E-state index >= 15 is 0 Å². The number of hydrogen-bond acceptors (Lipinski definition) is 4. The number of aliphatic hydroxyl groups excluding tert-OH is 1. The first kappa shape index (κ1) is 18.0. The van der Waals surface area contributed by atoms with Gasteiger partial charge in [0.15, 0.2) is 9.84 Å². The Labute approximate surface area is 128 Å². The molecule has 0 fully saturated rings. The smallest absolute Gasteiger partial charge is 0.158 e. The maximum absolute atomic E-state index is 11.9. The molecule has 0 heterocycles. The summed E-state index contributed by atoms with van der Waals surface area (Å²) in [5.41, 5.74) is 1.13. The van der Waals surface area contributed by atoms with Gasteiger partial charge in [-0.1, -0.05) is 12.1 Å². The molecule has 1 unspecified atom stereocenters. The SMILES string of the molecule is CC(O)CCc1ccc(OCCS(=O)(=O)C(C)(C)C)cc1. The van der Waals surface area contributed by atoms with E-state index in [0.717, 1.165) is 18.4 Å². The van der Waals surface area contributed by atoms with Crippen LogP contribution in [-0.4, -0.2) is 36.7 Å². The molecule has 0 saturated heterocycles. The fourth-order valence-electron chi connectivity index (χ4n) is 1.70. The van der Waals surface area contributed by atoms with Crippen molar-refractivity contribution in [3.05, 3.63) is 29.8 Å². The molecule has 21 heavy (non-hydrogen) atoms. The Morgan fingerprint density at radius 2 is 1.76 bits per heavy atom. The zero-order chi connectivity index (χ0) is 16.1. The van der Waals surface area contributed by atoms with Gasteiger partial charge in [0.1, 0.15) is 12.4 Å². The lowest BCUT2D eigenvalue weighted by molar-refractivity contribution is 0.185. The van der Waals surface area contributed by atoms with Crippen molar-refractivity contribution in [1.82, 2.24) is 0 Å². The fraction of sp³-hybridized carbons (Fsp3) is 0.625. The van der Waals surface area contributed by atoms with Crippen LogP contribution in [0.25, 0.3) is 0 Å². The molecule has 0 amide bonds. The third-order valence-corrected chi connectivity index (χ3v) is 5.90. The van der Waals surface area contributed by atoms with Crippen LogP contribution in [0.1, 0.15) is 39.7 Å². The number of aliphatic hydroxyl groups is 1. The standard InChI is InChI=1S/C16H26O4S/c1-13(17)5-6-14-7-9-15(10-8-14)20-11-12-21(18,19)16(2,3)4/h7-10,13,17H,5-6,11-12H2,1-4H3. The van der Waals surface area contributed by atoms with E-state index in [2.05, 4.69) is 0 Å². The first-order chi connectivity index (χ1) is 9.62. The second-order valence-electron chi connectivity index (χ2n) is 6.31. The largest absolute Gasteiger partial charge is 0.493 e. The second kappa shape index (κ2) is 7.27. The molecule has 0 aromatic heterocycles. The van der Waals surface area contributed by atoms with E-state index in [9.17, 15) is 13.5 Å². The molecule has 1 aromatic carbocycles. The molecule has 0 aliphatic carbocycles. The Morgan fingerprint density at radius 3 is 2.24 bits per heavy atom. The highest BCUT2D eigenvalue weighted by atomic mass is 32.2. The van der Waals surface area contributed by atoms with Crippen LogP contribution in [0.15, 0.2) is 24.3 Å². The van der Waals surface area contributed by atoms with Crippen molar-refractivity contribution in [2.75, 3.05) is 12.4 Å². The Morgan fingerprint density at radius 1 is 1.19 bits per heavy atom. The van der Waals surface area contributed by atoms with Gasteiger partial charge in [-0.3, -0.25) is 0 Å². The third kappa shape index (κ3) is 6.06. The van der Waals surface area contributed by atoms with Crippen LogP contribution >= 0.6 is 0 Å². The molecular formula is C16H26O4S. The summed E-state index contributed by atoms with van der Waals surface area (Å²) in [6.45, 7) is 7.01. The summed E-state index contributed by atoms with van der Waals surface area (Å²) >= 11 is 0. The van der Waals surface area contributed by atoms with Crippen LogP contribution in [0.3, 0.4) is 0 Å². The van der Waals surface area contributed by atoms with Crippen LogP contribution in [0, 0.1) is 0 Å². The number of rotatable bonds is 7. The van der Waals surface area contributed by atoms with Gasteiger partial charge in [0.05, 0.1) is 16.6 Å². The highest BCUT2D eigenvalue weighted by Gasteiger charge is 2.28. The summed E-state index contributed by atoms with van der Waals surface area (Å²) < 4.78 is 28.6. The van der Waals surface area contributed by atoms with Gasteiger partial charge in [-0.15, -0.1) is 0 Å². The van der Waals surface area contributed by atoms with Crippen molar-refractivity contribution < 1.29 is 18.3 Å². The lowest BCUT2D eigenvalue weighted by atomic mass is 10.1. The Bertz CT molecular complexity index is 524. The second-order valence-corrected chi connectivity index (χ2v) is 9.17. The molecule has 5 heteroatoms. The number of hydrogen-bond donors (Lipinski definition) is 1. The van der Waals surface area contributed by atoms with Crippen molar-refractivity contribution in [1.29, 1.82) is 0 Å². The molecule has 1 aromatic rings. The van der Waals surface area contributed by atoms with Crippen molar-refractivity contribution in [3.63, 3.8) is 0 Å². The quantitative estimate of drug-likeness (QED) is 0.840. The van der Waals surface area contributed by atoms with Gasteiger partial charge < -0.3 is 9.84 Å². The molecule has 1 rings (SSSR count). The Kier molecular flexibility index (Phi) is 6.23. The van der Waals surface area contributed by atoms with Crippen molar-refractivity contribution in [2.45, 2.75) is 51.4 Å². The molecule has 1 atom stereocenters. The van der Waals surface area contributed by atoms with E-state index in [4.69, 9.17) is 4.74 Å². The molecular weight excluding hydrogens is 288 g/mol. The third-order valence-electron chi connectivity index (χ3n) is 3.33. The number of sulfone groups is 1. The lowest BCUT2D eigenvalue weighted by Gasteiger charge is -2.19. The normalized spacial score (nSPS) is 14.0. The zero-order valence-corrected chi connectivity index (χ0v) is 14.1. The number of benzene rings is 1. The minimum atomic E-state index is -3.15. The van der Waals surface area contributed by atoms with E-state index < -0.39 is 14.6 Å². The molecule has 1 N–H and O–H groups in total. The van der Waals surface area contributed by atoms with Crippen LogP contribution in [0.5, 0.6) is 5.75 Å². The topological polar surface area (TPSA) is 63.6 Å². The molecule has 0 aliphatic heterocycles. The molecule has 0 aliphatic rings. The van der Waals surface area contributed by atoms with Crippen LogP contribution < -0.4 is 4.74 Å². The van der Waals surface area contributed by atoms with Gasteiger partial charge in [0, 0.05) is 0 Å².